The van der Waals surface area contributed by atoms with Gasteiger partial charge < -0.3 is 20.3 Å². The zero-order chi connectivity index (χ0) is 25.9. The molecule has 0 aliphatic carbocycles. The summed E-state index contributed by atoms with van der Waals surface area (Å²) in [6, 6.07) is 10.9. The van der Waals surface area contributed by atoms with Crippen molar-refractivity contribution in [2.24, 2.45) is 0 Å². The lowest BCUT2D eigenvalue weighted by atomic mass is 10.2. The second-order valence-corrected chi connectivity index (χ2v) is 7.84. The molecular weight excluding hydrogens is 482 g/mol. The van der Waals surface area contributed by atoms with E-state index in [1.807, 2.05) is 0 Å². The average Bonchev–Trinajstić information content (AvgIpc) is 3.17. The topological polar surface area (TPSA) is 109 Å². The van der Waals surface area contributed by atoms with Crippen LogP contribution in [-0.4, -0.2) is 38.1 Å². The number of rotatable bonds is 8. The number of carboxylic acids is 1. The second kappa shape index (κ2) is 10.0. The first-order valence-electron chi connectivity index (χ1n) is 10.6. The Hall–Kier alpha value is -4.48. The third kappa shape index (κ3) is 5.77. The van der Waals surface area contributed by atoms with Crippen LogP contribution in [0.1, 0.15) is 28.0 Å². The van der Waals surface area contributed by atoms with Gasteiger partial charge in [0.25, 0.3) is 5.91 Å². The van der Waals surface area contributed by atoms with Gasteiger partial charge in [0, 0.05) is 24.7 Å². The number of aromatic nitrogens is 3. The van der Waals surface area contributed by atoms with Crippen LogP contribution in [0.15, 0.2) is 60.9 Å². The first kappa shape index (κ1) is 24.6. The Balaban J connectivity index is 1.63. The molecule has 0 aliphatic heterocycles. The summed E-state index contributed by atoms with van der Waals surface area (Å²) in [5.74, 6) is -1.69. The Labute approximate surface area is 201 Å². The predicted octanol–water partition coefficient (Wildman–Crippen LogP) is 4.78. The van der Waals surface area contributed by atoms with Gasteiger partial charge >= 0.3 is 12.1 Å². The van der Waals surface area contributed by atoms with Gasteiger partial charge in [-0.05, 0) is 42.0 Å². The normalized spacial score (nSPS) is 11.4. The maximum absolute atomic E-state index is 13.7. The lowest BCUT2D eigenvalue weighted by Gasteiger charge is -2.12. The summed E-state index contributed by atoms with van der Waals surface area (Å²) >= 11 is 0. The molecule has 3 aromatic heterocycles. The summed E-state index contributed by atoms with van der Waals surface area (Å²) in [4.78, 5) is 31.7. The highest BCUT2D eigenvalue weighted by Gasteiger charge is 2.32. The molecule has 0 bridgehead atoms. The number of halogens is 4. The highest BCUT2D eigenvalue weighted by Crippen LogP contribution is 2.31. The molecule has 4 aromatic rings. The third-order valence-electron chi connectivity index (χ3n) is 5.19. The maximum atomic E-state index is 13.7. The van der Waals surface area contributed by atoms with Gasteiger partial charge in [-0.3, -0.25) is 9.59 Å². The van der Waals surface area contributed by atoms with E-state index in [1.165, 1.54) is 47.2 Å². The van der Waals surface area contributed by atoms with Gasteiger partial charge in [-0.25, -0.2) is 14.4 Å². The number of carbonyl (C=O) groups excluding carboxylic acids is 1. The molecule has 0 saturated carbocycles. The number of amides is 1. The van der Waals surface area contributed by atoms with E-state index in [1.54, 1.807) is 6.07 Å². The number of benzene rings is 1. The van der Waals surface area contributed by atoms with Crippen LogP contribution < -0.4 is 10.6 Å². The fraction of sp³-hybridized carbons (Fsp3) is 0.167. The summed E-state index contributed by atoms with van der Waals surface area (Å²) in [6.45, 7) is 0.161. The van der Waals surface area contributed by atoms with Crippen molar-refractivity contribution in [3.05, 3.63) is 83.6 Å². The number of aliphatic carboxylic acids is 1. The van der Waals surface area contributed by atoms with Gasteiger partial charge in [-0.2, -0.15) is 13.2 Å². The lowest BCUT2D eigenvalue weighted by molar-refractivity contribution is -0.138. The van der Waals surface area contributed by atoms with Gasteiger partial charge in [0.2, 0.25) is 0 Å². The molecule has 36 heavy (non-hydrogen) atoms. The number of alkyl halides is 3. The average molecular weight is 501 g/mol. The van der Waals surface area contributed by atoms with Crippen molar-refractivity contribution < 1.29 is 32.3 Å². The van der Waals surface area contributed by atoms with Crippen LogP contribution in [0, 0.1) is 5.82 Å². The molecule has 3 heterocycles. The highest BCUT2D eigenvalue weighted by atomic mass is 19.4. The van der Waals surface area contributed by atoms with E-state index in [0.29, 0.717) is 23.3 Å². The van der Waals surface area contributed by atoms with Crippen LogP contribution in [0.4, 0.5) is 29.1 Å². The molecular formula is C24H19F4N5O3. The molecule has 0 radical (unpaired) electrons. The number of nitrogens with one attached hydrogen (secondary N) is 2. The van der Waals surface area contributed by atoms with E-state index in [2.05, 4.69) is 20.6 Å². The minimum Gasteiger partial charge on any atom is -0.481 e. The van der Waals surface area contributed by atoms with Crippen LogP contribution in [0.25, 0.3) is 11.0 Å². The predicted molar refractivity (Wildman–Crippen MR) is 123 cm³/mol. The lowest BCUT2D eigenvalue weighted by Crippen LogP contribution is -2.18. The Morgan fingerprint density at radius 3 is 2.50 bits per heavy atom. The molecule has 0 aliphatic rings. The van der Waals surface area contributed by atoms with Crippen molar-refractivity contribution in [2.45, 2.75) is 19.1 Å². The number of pyridine rings is 2. The number of anilines is 2. The molecule has 0 atom stereocenters. The van der Waals surface area contributed by atoms with Crippen LogP contribution in [0.5, 0.6) is 0 Å². The Morgan fingerprint density at radius 1 is 1.03 bits per heavy atom. The standard InChI is InChI=1S/C24H19F4N5O3/c25-17-3-1-2-14(8-17)13-33-19(10-15-9-16(24(26,27)28)11-31-22(15)33)23(36)32-18-4-5-20(30-12-18)29-7-6-21(34)35/h1-5,8-12H,6-7,13H2,(H,29,30)(H,32,36)(H,34,35). The smallest absolute Gasteiger partial charge is 0.417 e. The van der Waals surface area contributed by atoms with E-state index >= 15 is 0 Å². The molecule has 0 saturated heterocycles. The van der Waals surface area contributed by atoms with Crippen molar-refractivity contribution in [3.8, 4) is 0 Å². The van der Waals surface area contributed by atoms with Crippen molar-refractivity contribution in [2.75, 3.05) is 17.2 Å². The van der Waals surface area contributed by atoms with Gasteiger partial charge in [0.15, 0.2) is 0 Å². The molecule has 0 spiro atoms. The fourth-order valence-electron chi connectivity index (χ4n) is 3.53. The molecule has 186 valence electrons. The fourth-order valence-corrected chi connectivity index (χ4v) is 3.53. The van der Waals surface area contributed by atoms with E-state index in [0.717, 1.165) is 6.07 Å². The van der Waals surface area contributed by atoms with Crippen molar-refractivity contribution in [1.29, 1.82) is 0 Å². The van der Waals surface area contributed by atoms with E-state index in [4.69, 9.17) is 5.11 Å². The van der Waals surface area contributed by atoms with Crippen LogP contribution >= 0.6 is 0 Å². The maximum Gasteiger partial charge on any atom is 0.417 e. The highest BCUT2D eigenvalue weighted by molar-refractivity contribution is 6.06. The number of carbonyl (C=O) groups is 2. The molecule has 3 N–H and O–H groups in total. The number of carboxylic acid groups (broad SMARTS) is 1. The molecule has 1 amide bonds. The van der Waals surface area contributed by atoms with Crippen molar-refractivity contribution >= 4 is 34.4 Å². The zero-order valence-corrected chi connectivity index (χ0v) is 18.5. The SMILES string of the molecule is O=C(O)CCNc1ccc(NC(=O)c2cc3cc(C(F)(F)F)cnc3n2Cc2cccc(F)c2)cn1. The third-order valence-corrected chi connectivity index (χ3v) is 5.19. The zero-order valence-electron chi connectivity index (χ0n) is 18.5. The van der Waals surface area contributed by atoms with Gasteiger partial charge in [-0.15, -0.1) is 0 Å². The largest absolute Gasteiger partial charge is 0.481 e. The minimum absolute atomic E-state index is 0.00688. The molecule has 12 heteroatoms. The van der Waals surface area contributed by atoms with Crippen molar-refractivity contribution in [3.63, 3.8) is 0 Å². The van der Waals surface area contributed by atoms with Crippen molar-refractivity contribution in [1.82, 2.24) is 14.5 Å². The first-order chi connectivity index (χ1) is 17.1. The van der Waals surface area contributed by atoms with Gasteiger partial charge in [0.1, 0.15) is 23.0 Å². The monoisotopic (exact) mass is 501 g/mol. The molecule has 1 aromatic carbocycles. The molecule has 4 rings (SSSR count). The second-order valence-electron chi connectivity index (χ2n) is 7.84. The summed E-state index contributed by atoms with van der Waals surface area (Å²) in [7, 11) is 0. The minimum atomic E-state index is -4.61. The molecule has 8 nitrogen and oxygen atoms in total. The number of hydrogen-bond acceptors (Lipinski definition) is 5. The van der Waals surface area contributed by atoms with Crippen LogP contribution in [-0.2, 0) is 17.5 Å². The van der Waals surface area contributed by atoms with E-state index in [9.17, 15) is 27.2 Å². The van der Waals surface area contributed by atoms with Crippen LogP contribution in [0.2, 0.25) is 0 Å². The summed E-state index contributed by atoms with van der Waals surface area (Å²) in [5, 5.41) is 14.2. The number of hydrogen-bond donors (Lipinski definition) is 3. The van der Waals surface area contributed by atoms with Gasteiger partial charge in [0.05, 0.1) is 23.9 Å². The quantitative estimate of drug-likeness (QED) is 0.300. The van der Waals surface area contributed by atoms with E-state index < -0.39 is 29.4 Å². The Bertz CT molecular complexity index is 1420. The summed E-state index contributed by atoms with van der Waals surface area (Å²) < 4.78 is 54.7. The Morgan fingerprint density at radius 2 is 1.83 bits per heavy atom. The Kier molecular flexibility index (Phi) is 6.86. The summed E-state index contributed by atoms with van der Waals surface area (Å²) in [5.41, 5.74) is -0.0182. The van der Waals surface area contributed by atoms with E-state index in [-0.39, 0.29) is 36.2 Å². The molecule has 0 fully saturated rings. The number of nitrogens with zero attached hydrogens (tertiary/aromatic N) is 3. The summed E-state index contributed by atoms with van der Waals surface area (Å²) in [6.07, 6.45) is -2.67. The van der Waals surface area contributed by atoms with Gasteiger partial charge in [-0.1, -0.05) is 12.1 Å². The molecule has 0 unspecified atom stereocenters. The number of fused-ring (bicyclic) bond motifs is 1. The first-order valence-corrected chi connectivity index (χ1v) is 10.6. The van der Waals surface area contributed by atoms with Crippen LogP contribution in [0.3, 0.4) is 0 Å².